The lowest BCUT2D eigenvalue weighted by molar-refractivity contribution is -0.110. The number of ether oxygens (including phenoxy) is 2. The fraction of sp³-hybridized carbons (Fsp3) is 0.920. The van der Waals surface area contributed by atoms with Gasteiger partial charge >= 0.3 is 0 Å². The van der Waals surface area contributed by atoms with Crippen LogP contribution in [0.3, 0.4) is 0 Å². The van der Waals surface area contributed by atoms with E-state index in [1.807, 2.05) is 6.08 Å². The summed E-state index contributed by atoms with van der Waals surface area (Å²) in [7, 11) is 0. The molecule has 0 saturated carbocycles. The van der Waals surface area contributed by atoms with E-state index in [4.69, 9.17) is 9.47 Å². The van der Waals surface area contributed by atoms with Gasteiger partial charge in [0.15, 0.2) is 0 Å². The van der Waals surface area contributed by atoms with Gasteiger partial charge in [-0.05, 0) is 51.4 Å². The van der Waals surface area contributed by atoms with E-state index >= 15 is 0 Å². The minimum Gasteiger partial charge on any atom is -0.390 e. The van der Waals surface area contributed by atoms with E-state index in [2.05, 4.69) is 13.5 Å². The zero-order chi connectivity index (χ0) is 20.9. The molecule has 4 nitrogen and oxygen atoms in total. The standard InChI is InChI=1S/C25H46O4/c1-3-5-7-8-9-10-11-13-15-21(27)23-17-19-25(29-23)24-18-16-22(28-24)20(26)14-12-6-4-2/h4,20-27H,2-3,5-19H2,1H3/t20-,21-,22-,23-,24-,25+/m1/s1. The number of hydrogen-bond acceptors (Lipinski definition) is 4. The van der Waals surface area contributed by atoms with Gasteiger partial charge in [0.2, 0.25) is 0 Å². The first kappa shape index (κ1) is 24.8. The van der Waals surface area contributed by atoms with Gasteiger partial charge in [-0.25, -0.2) is 0 Å². The Morgan fingerprint density at radius 1 is 0.759 bits per heavy atom. The predicted octanol–water partition coefficient (Wildman–Crippen LogP) is 5.69. The first-order valence-corrected chi connectivity index (χ1v) is 12.4. The lowest BCUT2D eigenvalue weighted by Gasteiger charge is -2.24. The van der Waals surface area contributed by atoms with Crippen LogP contribution in [0.2, 0.25) is 0 Å². The fourth-order valence-corrected chi connectivity index (χ4v) is 4.82. The number of aliphatic hydroxyl groups excluding tert-OH is 2. The third kappa shape index (κ3) is 9.08. The Kier molecular flexibility index (Phi) is 12.5. The van der Waals surface area contributed by atoms with Crippen molar-refractivity contribution in [2.75, 3.05) is 0 Å². The van der Waals surface area contributed by atoms with Gasteiger partial charge in [0, 0.05) is 0 Å². The van der Waals surface area contributed by atoms with Gasteiger partial charge < -0.3 is 19.7 Å². The molecule has 29 heavy (non-hydrogen) atoms. The van der Waals surface area contributed by atoms with Crippen molar-refractivity contribution in [1.82, 2.24) is 0 Å². The second-order valence-corrected chi connectivity index (χ2v) is 9.20. The molecule has 2 fully saturated rings. The predicted molar refractivity (Wildman–Crippen MR) is 119 cm³/mol. The van der Waals surface area contributed by atoms with Crippen molar-refractivity contribution >= 4 is 0 Å². The summed E-state index contributed by atoms with van der Waals surface area (Å²) in [6, 6.07) is 0. The first-order chi connectivity index (χ1) is 14.2. The van der Waals surface area contributed by atoms with Crippen LogP contribution in [-0.4, -0.2) is 46.8 Å². The molecule has 2 aliphatic heterocycles. The van der Waals surface area contributed by atoms with Crippen LogP contribution in [0, 0.1) is 0 Å². The van der Waals surface area contributed by atoms with E-state index in [1.54, 1.807) is 0 Å². The molecule has 0 bridgehead atoms. The van der Waals surface area contributed by atoms with Gasteiger partial charge in [-0.15, -0.1) is 6.58 Å². The van der Waals surface area contributed by atoms with Crippen LogP contribution < -0.4 is 0 Å². The van der Waals surface area contributed by atoms with Crippen LogP contribution >= 0.6 is 0 Å². The molecule has 2 rings (SSSR count). The molecular weight excluding hydrogens is 364 g/mol. The summed E-state index contributed by atoms with van der Waals surface area (Å²) >= 11 is 0. The fourth-order valence-electron chi connectivity index (χ4n) is 4.82. The van der Waals surface area contributed by atoms with Crippen molar-refractivity contribution in [3.8, 4) is 0 Å². The highest BCUT2D eigenvalue weighted by atomic mass is 16.6. The highest BCUT2D eigenvalue weighted by Crippen LogP contribution is 2.34. The molecule has 0 aliphatic carbocycles. The molecule has 2 saturated heterocycles. The van der Waals surface area contributed by atoms with Crippen molar-refractivity contribution in [2.45, 2.75) is 146 Å². The molecule has 4 heteroatoms. The largest absolute Gasteiger partial charge is 0.390 e. The quantitative estimate of drug-likeness (QED) is 0.253. The summed E-state index contributed by atoms with van der Waals surface area (Å²) in [5, 5.41) is 20.9. The third-order valence-electron chi connectivity index (χ3n) is 6.71. The lowest BCUT2D eigenvalue weighted by atomic mass is 10.0. The zero-order valence-electron chi connectivity index (χ0n) is 18.8. The first-order valence-electron chi connectivity index (χ1n) is 12.4. The summed E-state index contributed by atoms with van der Waals surface area (Å²) in [4.78, 5) is 0. The number of rotatable bonds is 16. The Balaban J connectivity index is 1.56. The van der Waals surface area contributed by atoms with Gasteiger partial charge in [-0.3, -0.25) is 0 Å². The van der Waals surface area contributed by atoms with Gasteiger partial charge in [0.1, 0.15) is 0 Å². The Morgan fingerprint density at radius 2 is 1.24 bits per heavy atom. The van der Waals surface area contributed by atoms with Crippen LogP contribution in [0.4, 0.5) is 0 Å². The maximum absolute atomic E-state index is 10.5. The molecule has 0 aromatic heterocycles. The number of hydrogen-bond donors (Lipinski definition) is 2. The maximum Gasteiger partial charge on any atom is 0.0842 e. The summed E-state index contributed by atoms with van der Waals surface area (Å²) in [6.45, 7) is 5.99. The normalized spacial score (nSPS) is 29.2. The molecule has 0 unspecified atom stereocenters. The summed E-state index contributed by atoms with van der Waals surface area (Å²) in [6.07, 6.45) is 18.8. The minimum atomic E-state index is -0.385. The minimum absolute atomic E-state index is 0.0373. The third-order valence-corrected chi connectivity index (χ3v) is 6.71. The second-order valence-electron chi connectivity index (χ2n) is 9.20. The van der Waals surface area contributed by atoms with Gasteiger partial charge in [0.05, 0.1) is 36.6 Å². The highest BCUT2D eigenvalue weighted by Gasteiger charge is 2.40. The summed E-state index contributed by atoms with van der Waals surface area (Å²) < 4.78 is 12.3. The molecule has 6 atom stereocenters. The molecule has 2 aliphatic rings. The Bertz CT molecular complexity index is 427. The van der Waals surface area contributed by atoms with E-state index in [-0.39, 0.29) is 36.6 Å². The molecule has 0 radical (unpaired) electrons. The van der Waals surface area contributed by atoms with Crippen molar-refractivity contribution in [3.05, 3.63) is 12.7 Å². The highest BCUT2D eigenvalue weighted by molar-refractivity contribution is 4.89. The second kappa shape index (κ2) is 14.6. The molecular formula is C25H46O4. The van der Waals surface area contributed by atoms with Crippen molar-refractivity contribution in [2.24, 2.45) is 0 Å². The van der Waals surface area contributed by atoms with Crippen LogP contribution in [0.5, 0.6) is 0 Å². The Labute approximate surface area is 179 Å². The average molecular weight is 411 g/mol. The maximum atomic E-state index is 10.5. The van der Waals surface area contributed by atoms with Crippen LogP contribution in [-0.2, 0) is 9.47 Å². The van der Waals surface area contributed by atoms with Crippen molar-refractivity contribution in [3.63, 3.8) is 0 Å². The molecule has 0 amide bonds. The van der Waals surface area contributed by atoms with Gasteiger partial charge in [-0.2, -0.15) is 0 Å². The zero-order valence-corrected chi connectivity index (χ0v) is 18.8. The van der Waals surface area contributed by atoms with Crippen LogP contribution in [0.15, 0.2) is 12.7 Å². The monoisotopic (exact) mass is 410 g/mol. The molecule has 2 N–H and O–H groups in total. The number of allylic oxidation sites excluding steroid dienone is 1. The smallest absolute Gasteiger partial charge is 0.0842 e. The molecule has 170 valence electrons. The Hall–Kier alpha value is -0.420. The number of unbranched alkanes of at least 4 members (excludes halogenated alkanes) is 8. The summed E-state index contributed by atoms with van der Waals surface area (Å²) in [5.74, 6) is 0. The van der Waals surface area contributed by atoms with Gasteiger partial charge in [-0.1, -0.05) is 64.4 Å². The average Bonchev–Trinajstić information content (AvgIpc) is 3.39. The molecule has 0 spiro atoms. The van der Waals surface area contributed by atoms with E-state index in [9.17, 15) is 10.2 Å². The molecule has 0 aromatic rings. The van der Waals surface area contributed by atoms with E-state index in [1.165, 1.54) is 44.9 Å². The lowest BCUT2D eigenvalue weighted by Crippen LogP contribution is -2.33. The van der Waals surface area contributed by atoms with E-state index in [0.29, 0.717) is 0 Å². The van der Waals surface area contributed by atoms with Crippen molar-refractivity contribution < 1.29 is 19.7 Å². The molecule has 0 aromatic carbocycles. The van der Waals surface area contributed by atoms with Crippen LogP contribution in [0.1, 0.15) is 110 Å². The Morgan fingerprint density at radius 3 is 1.76 bits per heavy atom. The van der Waals surface area contributed by atoms with E-state index in [0.717, 1.165) is 57.8 Å². The van der Waals surface area contributed by atoms with Crippen LogP contribution in [0.25, 0.3) is 0 Å². The topological polar surface area (TPSA) is 58.9 Å². The molecule has 2 heterocycles. The van der Waals surface area contributed by atoms with E-state index < -0.39 is 0 Å². The number of aliphatic hydroxyl groups is 2. The SMILES string of the molecule is C=CCCC[C@@H](O)[C@H]1CC[C@H]([C@@H]2CC[C@H]([C@H](O)CCCCCCCCCC)O2)O1. The van der Waals surface area contributed by atoms with Gasteiger partial charge in [0.25, 0.3) is 0 Å². The summed E-state index contributed by atoms with van der Waals surface area (Å²) in [5.41, 5.74) is 0. The van der Waals surface area contributed by atoms with Crippen molar-refractivity contribution in [1.29, 1.82) is 0 Å².